The summed E-state index contributed by atoms with van der Waals surface area (Å²) in [5.74, 6) is -0.328. The maximum Gasteiger partial charge on any atom is 0.407 e. The molecular weight excluding hydrogens is 497 g/mol. The number of carbonyl (C=O) groups is 1. The van der Waals surface area contributed by atoms with E-state index in [-0.39, 0.29) is 6.10 Å². The Morgan fingerprint density at radius 2 is 2.09 bits per heavy atom. The van der Waals surface area contributed by atoms with Gasteiger partial charge in [0.1, 0.15) is 0 Å². The van der Waals surface area contributed by atoms with Gasteiger partial charge in [-0.1, -0.05) is 41.4 Å². The van der Waals surface area contributed by atoms with Crippen LogP contribution in [-0.4, -0.2) is 57.7 Å². The maximum absolute atomic E-state index is 10.9. The Morgan fingerprint density at radius 1 is 1.29 bits per heavy atom. The highest BCUT2D eigenvalue weighted by atomic mass is 35.5. The third-order valence-electron chi connectivity index (χ3n) is 5.57. The number of ether oxygens (including phenoxy) is 2. The van der Waals surface area contributed by atoms with Crippen molar-refractivity contribution in [2.45, 2.75) is 29.8 Å². The van der Waals surface area contributed by atoms with Gasteiger partial charge in [0.15, 0.2) is 0 Å². The number of likely N-dealkylation sites (N-methyl/N-ethyl adjacent to an activating group) is 1. The molecular formula is C24H25Cl2N3O4S. The molecule has 1 N–H and O–H groups in total. The third-order valence-corrected chi connectivity index (χ3v) is 7.26. The monoisotopic (exact) mass is 521 g/mol. The summed E-state index contributed by atoms with van der Waals surface area (Å²) in [7, 11) is 1.57. The smallest absolute Gasteiger partial charge is 0.407 e. The minimum atomic E-state index is -1.03. The first-order chi connectivity index (χ1) is 16.3. The van der Waals surface area contributed by atoms with Gasteiger partial charge < -0.3 is 24.0 Å². The first-order valence-corrected chi connectivity index (χ1v) is 12.5. The molecule has 1 aliphatic heterocycles. The highest BCUT2D eigenvalue weighted by molar-refractivity contribution is 7.99. The first kappa shape index (κ1) is 24.9. The van der Waals surface area contributed by atoms with Crippen molar-refractivity contribution >= 4 is 41.1 Å². The van der Waals surface area contributed by atoms with Crippen LogP contribution in [0.25, 0.3) is 0 Å². The Balaban J connectivity index is 1.39. The second kappa shape index (κ2) is 11.0. The number of thioether (sulfide) groups is 1. The summed E-state index contributed by atoms with van der Waals surface area (Å²) < 4.78 is 14.6. The normalized spacial score (nSPS) is 19.9. The Labute approximate surface area is 212 Å². The summed E-state index contributed by atoms with van der Waals surface area (Å²) in [5.41, 5.74) is 1.82. The number of hydrogen-bond acceptors (Lipinski definition) is 5. The fraction of sp³-hybridized carbons (Fsp3) is 0.333. The van der Waals surface area contributed by atoms with Gasteiger partial charge in [-0.3, -0.25) is 0 Å². The molecule has 0 unspecified atom stereocenters. The van der Waals surface area contributed by atoms with Crippen molar-refractivity contribution in [2.24, 2.45) is 0 Å². The lowest BCUT2D eigenvalue weighted by Crippen LogP contribution is -2.34. The lowest BCUT2D eigenvalue weighted by atomic mass is 10.1. The number of aromatic nitrogens is 2. The van der Waals surface area contributed by atoms with E-state index in [1.165, 1.54) is 4.90 Å². The van der Waals surface area contributed by atoms with E-state index >= 15 is 0 Å². The predicted octanol–water partition coefficient (Wildman–Crippen LogP) is 5.40. The molecule has 10 heteroatoms. The van der Waals surface area contributed by atoms with Crippen molar-refractivity contribution < 1.29 is 19.4 Å². The van der Waals surface area contributed by atoms with Crippen LogP contribution in [0.5, 0.6) is 0 Å². The fourth-order valence-electron chi connectivity index (χ4n) is 3.71. The molecule has 1 aliphatic rings. The molecule has 2 aromatic carbocycles. The van der Waals surface area contributed by atoms with E-state index in [0.29, 0.717) is 41.9 Å². The van der Waals surface area contributed by atoms with E-state index in [0.717, 1.165) is 16.0 Å². The number of imidazole rings is 1. The Hall–Kier alpha value is -2.23. The van der Waals surface area contributed by atoms with E-state index < -0.39 is 11.9 Å². The zero-order valence-electron chi connectivity index (χ0n) is 18.6. The largest absolute Gasteiger partial charge is 0.465 e. The highest BCUT2D eigenvalue weighted by Gasteiger charge is 2.45. The van der Waals surface area contributed by atoms with Crippen LogP contribution in [-0.2, 0) is 28.2 Å². The number of hydrogen-bond donors (Lipinski definition) is 1. The molecule has 0 aliphatic carbocycles. The maximum atomic E-state index is 10.9. The van der Waals surface area contributed by atoms with Crippen molar-refractivity contribution in [3.8, 4) is 0 Å². The quantitative estimate of drug-likeness (QED) is 0.379. The zero-order chi connectivity index (χ0) is 24.1. The number of rotatable bonds is 9. The second-order valence-electron chi connectivity index (χ2n) is 8.07. The first-order valence-electron chi connectivity index (χ1n) is 10.7. The number of benzene rings is 2. The van der Waals surface area contributed by atoms with Crippen LogP contribution in [0, 0.1) is 0 Å². The van der Waals surface area contributed by atoms with Crippen LogP contribution in [0.4, 0.5) is 4.79 Å². The van der Waals surface area contributed by atoms with Crippen molar-refractivity contribution in [1.82, 2.24) is 14.5 Å². The topological polar surface area (TPSA) is 76.8 Å². The Kier molecular flexibility index (Phi) is 8.06. The summed E-state index contributed by atoms with van der Waals surface area (Å²) in [6, 6.07) is 13.5. The molecule has 0 radical (unpaired) electrons. The van der Waals surface area contributed by atoms with Crippen molar-refractivity contribution in [2.75, 3.05) is 26.0 Å². The molecule has 1 amide bonds. The standard InChI is InChI=1S/C24H25Cl2N3O4S/c1-28(23(30)31)10-8-17-2-5-20(6-3-17)34-14-19-13-32-24(33-19,15-29-11-9-27-16-29)21-7-4-18(25)12-22(21)26/h2-7,9,11-12,16,19H,8,10,13-15H2,1H3,(H,30,31)/t19-,24+/m0/s1. The van der Waals surface area contributed by atoms with Gasteiger partial charge in [0.05, 0.1) is 30.6 Å². The average Bonchev–Trinajstić information content (AvgIpc) is 3.47. The minimum absolute atomic E-state index is 0.135. The van der Waals surface area contributed by atoms with E-state index in [9.17, 15) is 4.79 Å². The van der Waals surface area contributed by atoms with Gasteiger partial charge in [-0.25, -0.2) is 9.78 Å². The molecule has 3 aromatic rings. The lowest BCUT2D eigenvalue weighted by Gasteiger charge is -2.30. The fourth-order valence-corrected chi connectivity index (χ4v) is 5.13. The summed E-state index contributed by atoms with van der Waals surface area (Å²) in [4.78, 5) is 17.4. The molecule has 2 heterocycles. The Morgan fingerprint density at radius 3 is 2.76 bits per heavy atom. The minimum Gasteiger partial charge on any atom is -0.465 e. The number of amides is 1. The molecule has 0 bridgehead atoms. The van der Waals surface area contributed by atoms with Gasteiger partial charge in [-0.15, -0.1) is 11.8 Å². The summed E-state index contributed by atoms with van der Waals surface area (Å²) >= 11 is 14.3. The van der Waals surface area contributed by atoms with Crippen LogP contribution in [0.1, 0.15) is 11.1 Å². The molecule has 0 spiro atoms. The van der Waals surface area contributed by atoms with Crippen LogP contribution < -0.4 is 0 Å². The summed E-state index contributed by atoms with van der Waals surface area (Å²) in [6.07, 6.45) is 4.90. The molecule has 1 saturated heterocycles. The van der Waals surface area contributed by atoms with Gasteiger partial charge in [-0.05, 0) is 36.2 Å². The van der Waals surface area contributed by atoms with Crippen LogP contribution in [0.2, 0.25) is 10.0 Å². The van der Waals surface area contributed by atoms with Gasteiger partial charge in [0, 0.05) is 47.2 Å². The van der Waals surface area contributed by atoms with Crippen molar-refractivity contribution in [3.05, 3.63) is 82.4 Å². The van der Waals surface area contributed by atoms with Crippen molar-refractivity contribution in [1.29, 1.82) is 0 Å². The van der Waals surface area contributed by atoms with Crippen LogP contribution in [0.15, 0.2) is 66.1 Å². The third kappa shape index (κ3) is 6.06. The van der Waals surface area contributed by atoms with Gasteiger partial charge in [0.25, 0.3) is 0 Å². The highest BCUT2D eigenvalue weighted by Crippen LogP contribution is 2.41. The number of halogens is 2. The number of nitrogens with zero attached hydrogens (tertiary/aromatic N) is 3. The Bertz CT molecular complexity index is 1110. The van der Waals surface area contributed by atoms with E-state index in [4.69, 9.17) is 37.8 Å². The molecule has 34 heavy (non-hydrogen) atoms. The summed E-state index contributed by atoms with van der Waals surface area (Å²) in [5, 5.41) is 10.0. The van der Waals surface area contributed by atoms with Gasteiger partial charge in [-0.2, -0.15) is 0 Å². The molecule has 180 valence electrons. The molecule has 0 saturated carbocycles. The molecule has 7 nitrogen and oxygen atoms in total. The van der Waals surface area contributed by atoms with E-state index in [1.807, 2.05) is 41.1 Å². The second-order valence-corrected chi connectivity index (χ2v) is 10.0. The number of carboxylic acid groups (broad SMARTS) is 1. The molecule has 1 aromatic heterocycles. The summed E-state index contributed by atoms with van der Waals surface area (Å²) in [6.45, 7) is 1.30. The van der Waals surface area contributed by atoms with Gasteiger partial charge in [0.2, 0.25) is 5.79 Å². The zero-order valence-corrected chi connectivity index (χ0v) is 20.9. The molecule has 1 fully saturated rings. The van der Waals surface area contributed by atoms with Crippen LogP contribution in [0.3, 0.4) is 0 Å². The van der Waals surface area contributed by atoms with Crippen molar-refractivity contribution in [3.63, 3.8) is 0 Å². The van der Waals surface area contributed by atoms with Gasteiger partial charge >= 0.3 is 6.09 Å². The van der Waals surface area contributed by atoms with E-state index in [1.54, 1.807) is 43.5 Å². The van der Waals surface area contributed by atoms with Crippen LogP contribution >= 0.6 is 35.0 Å². The SMILES string of the molecule is CN(CCc1ccc(SC[C@@H]2CO[C@@](Cn3ccnc3)(c3ccc(Cl)cc3Cl)O2)cc1)C(=O)O. The van der Waals surface area contributed by atoms with E-state index in [2.05, 4.69) is 4.98 Å². The average molecular weight is 522 g/mol. The predicted molar refractivity (Wildman–Crippen MR) is 133 cm³/mol. The molecule has 4 rings (SSSR count). The lowest BCUT2D eigenvalue weighted by molar-refractivity contribution is -0.184. The molecule has 2 atom stereocenters.